The fourth-order valence-electron chi connectivity index (χ4n) is 2.50. The first-order valence-electron chi connectivity index (χ1n) is 8.76. The van der Waals surface area contributed by atoms with Crippen LogP contribution in [0.3, 0.4) is 0 Å². The van der Waals surface area contributed by atoms with Gasteiger partial charge in [-0.05, 0) is 30.7 Å². The molecule has 7 nitrogen and oxygen atoms in total. The molecule has 0 spiro atoms. The number of nitrogens with one attached hydrogen (secondary N) is 1. The molecule has 28 heavy (non-hydrogen) atoms. The van der Waals surface area contributed by atoms with Gasteiger partial charge in [0.1, 0.15) is 11.5 Å². The fraction of sp³-hybridized carbons (Fsp3) is 0.250. The van der Waals surface area contributed by atoms with Crippen LogP contribution in [0.5, 0.6) is 11.5 Å². The Morgan fingerprint density at radius 3 is 2.82 bits per heavy atom. The minimum absolute atomic E-state index is 0.0954. The summed E-state index contributed by atoms with van der Waals surface area (Å²) in [7, 11) is 1.59. The minimum atomic E-state index is -0.680. The second-order valence-corrected chi connectivity index (χ2v) is 6.31. The number of amides is 1. The number of methoxy groups -OCH3 is 1. The second-order valence-electron chi connectivity index (χ2n) is 5.91. The van der Waals surface area contributed by atoms with Crippen LogP contribution < -0.4 is 14.8 Å². The monoisotopic (exact) mass is 401 g/mol. The summed E-state index contributed by atoms with van der Waals surface area (Å²) in [6.07, 6.45) is -0.198. The van der Waals surface area contributed by atoms with Gasteiger partial charge >= 0.3 is 0 Å². The van der Waals surface area contributed by atoms with E-state index in [1.54, 1.807) is 37.4 Å². The van der Waals surface area contributed by atoms with Gasteiger partial charge in [0, 0.05) is 5.56 Å². The van der Waals surface area contributed by atoms with Crippen molar-refractivity contribution in [3.05, 3.63) is 59.4 Å². The summed E-state index contributed by atoms with van der Waals surface area (Å²) in [5.74, 6) is 1.58. The van der Waals surface area contributed by atoms with Gasteiger partial charge in [0.15, 0.2) is 6.10 Å². The Morgan fingerprint density at radius 2 is 2.07 bits per heavy atom. The van der Waals surface area contributed by atoms with Crippen LogP contribution in [-0.2, 0) is 11.3 Å². The third-order valence-corrected chi connectivity index (χ3v) is 4.29. The van der Waals surface area contributed by atoms with Gasteiger partial charge in [-0.3, -0.25) is 4.79 Å². The van der Waals surface area contributed by atoms with E-state index in [1.807, 2.05) is 25.1 Å². The van der Waals surface area contributed by atoms with Gasteiger partial charge in [0.25, 0.3) is 5.91 Å². The van der Waals surface area contributed by atoms with Gasteiger partial charge < -0.3 is 19.3 Å². The maximum Gasteiger partial charge on any atom is 0.261 e. The number of rotatable bonds is 8. The summed E-state index contributed by atoms with van der Waals surface area (Å²) in [6, 6.07) is 14.3. The predicted molar refractivity (Wildman–Crippen MR) is 104 cm³/mol. The first-order valence-corrected chi connectivity index (χ1v) is 9.14. The molecule has 8 heteroatoms. The van der Waals surface area contributed by atoms with E-state index in [1.165, 1.54) is 0 Å². The van der Waals surface area contributed by atoms with Crippen LogP contribution >= 0.6 is 11.6 Å². The summed E-state index contributed by atoms with van der Waals surface area (Å²) in [4.78, 5) is 16.7. The molecule has 0 saturated carbocycles. The van der Waals surface area contributed by atoms with Crippen molar-refractivity contribution in [2.24, 2.45) is 0 Å². The smallest absolute Gasteiger partial charge is 0.261 e. The minimum Gasteiger partial charge on any atom is -0.497 e. The Hall–Kier alpha value is -3.06. The molecule has 1 unspecified atom stereocenters. The van der Waals surface area contributed by atoms with E-state index in [-0.39, 0.29) is 12.5 Å². The Kier molecular flexibility index (Phi) is 6.49. The summed E-state index contributed by atoms with van der Waals surface area (Å²) in [5.41, 5.74) is 0.758. The Balaban J connectivity index is 1.61. The van der Waals surface area contributed by atoms with E-state index in [0.29, 0.717) is 34.7 Å². The van der Waals surface area contributed by atoms with Crippen LogP contribution in [-0.4, -0.2) is 29.3 Å². The zero-order valence-corrected chi connectivity index (χ0v) is 16.3. The average molecular weight is 402 g/mol. The molecule has 1 N–H and O–H groups in total. The van der Waals surface area contributed by atoms with Gasteiger partial charge in [-0.25, -0.2) is 0 Å². The number of nitrogens with zero attached hydrogens (tertiary/aromatic N) is 2. The van der Waals surface area contributed by atoms with Crippen LogP contribution in [0, 0.1) is 0 Å². The van der Waals surface area contributed by atoms with Crippen LogP contribution in [0.15, 0.2) is 53.1 Å². The highest BCUT2D eigenvalue weighted by molar-refractivity contribution is 6.32. The maximum atomic E-state index is 12.4. The molecule has 3 aromatic rings. The largest absolute Gasteiger partial charge is 0.497 e. The topological polar surface area (TPSA) is 86.5 Å². The van der Waals surface area contributed by atoms with Crippen molar-refractivity contribution in [2.75, 3.05) is 7.11 Å². The number of aromatic nitrogens is 2. The molecule has 1 atom stereocenters. The van der Waals surface area contributed by atoms with Crippen molar-refractivity contribution < 1.29 is 18.8 Å². The molecule has 1 aromatic heterocycles. The van der Waals surface area contributed by atoms with Crippen molar-refractivity contribution in [2.45, 2.75) is 26.0 Å². The van der Waals surface area contributed by atoms with Crippen molar-refractivity contribution in [3.63, 3.8) is 0 Å². The summed E-state index contributed by atoms with van der Waals surface area (Å²) < 4.78 is 16.1. The van der Waals surface area contributed by atoms with E-state index in [4.69, 9.17) is 25.6 Å². The highest BCUT2D eigenvalue weighted by Crippen LogP contribution is 2.25. The zero-order chi connectivity index (χ0) is 19.9. The first kappa shape index (κ1) is 19.7. The van der Waals surface area contributed by atoms with Crippen molar-refractivity contribution >= 4 is 17.5 Å². The number of hydrogen-bond donors (Lipinski definition) is 1. The molecule has 0 saturated heterocycles. The molecule has 0 fully saturated rings. The van der Waals surface area contributed by atoms with Gasteiger partial charge in [-0.15, -0.1) is 0 Å². The molecule has 0 aliphatic heterocycles. The molecule has 1 amide bonds. The van der Waals surface area contributed by atoms with E-state index in [2.05, 4.69) is 15.5 Å². The molecule has 0 aliphatic carbocycles. The lowest BCUT2D eigenvalue weighted by Crippen LogP contribution is -2.37. The zero-order valence-electron chi connectivity index (χ0n) is 15.5. The lowest BCUT2D eigenvalue weighted by molar-refractivity contribution is -0.128. The molecule has 3 rings (SSSR count). The van der Waals surface area contributed by atoms with Gasteiger partial charge in [0.05, 0.1) is 18.7 Å². The highest BCUT2D eigenvalue weighted by Gasteiger charge is 2.20. The van der Waals surface area contributed by atoms with Crippen LogP contribution in [0.4, 0.5) is 0 Å². The van der Waals surface area contributed by atoms with Gasteiger partial charge in [-0.2, -0.15) is 4.98 Å². The predicted octanol–water partition coefficient (Wildman–Crippen LogP) is 3.87. The Morgan fingerprint density at radius 1 is 1.25 bits per heavy atom. The fourth-order valence-corrected chi connectivity index (χ4v) is 2.68. The van der Waals surface area contributed by atoms with E-state index >= 15 is 0 Å². The molecule has 2 aromatic carbocycles. The number of carbonyl (C=O) groups is 1. The van der Waals surface area contributed by atoms with Crippen molar-refractivity contribution in [1.29, 1.82) is 0 Å². The third-order valence-electron chi connectivity index (χ3n) is 3.98. The maximum absolute atomic E-state index is 12.4. The van der Waals surface area contributed by atoms with E-state index in [9.17, 15) is 4.79 Å². The summed E-state index contributed by atoms with van der Waals surface area (Å²) in [5, 5.41) is 7.14. The second kappa shape index (κ2) is 9.23. The van der Waals surface area contributed by atoms with E-state index < -0.39 is 6.10 Å². The lowest BCUT2D eigenvalue weighted by Gasteiger charge is -2.17. The highest BCUT2D eigenvalue weighted by atomic mass is 35.5. The van der Waals surface area contributed by atoms with Crippen molar-refractivity contribution in [3.8, 4) is 22.9 Å². The quantitative estimate of drug-likeness (QED) is 0.616. The molecule has 0 radical (unpaired) electrons. The number of benzene rings is 2. The molecular weight excluding hydrogens is 382 g/mol. The SMILES string of the molecule is CCC(Oc1ccccc1Cl)C(=O)NCc1nc(-c2cccc(OC)c2)no1. The number of ether oxygens (including phenoxy) is 2. The van der Waals surface area contributed by atoms with Crippen LogP contribution in [0.1, 0.15) is 19.2 Å². The normalized spacial score (nSPS) is 11.7. The number of para-hydroxylation sites is 1. The van der Waals surface area contributed by atoms with Crippen LogP contribution in [0.25, 0.3) is 11.4 Å². The standard InChI is InChI=1S/C20H20ClN3O4/c1-3-16(27-17-10-5-4-9-15(17)21)20(25)22-12-18-23-19(24-28-18)13-7-6-8-14(11-13)26-2/h4-11,16H,3,12H2,1-2H3,(H,22,25). The van der Waals surface area contributed by atoms with Crippen molar-refractivity contribution in [1.82, 2.24) is 15.5 Å². The Labute approximate surface area is 167 Å². The van der Waals surface area contributed by atoms with Gasteiger partial charge in [-0.1, -0.05) is 47.9 Å². The molecule has 0 bridgehead atoms. The average Bonchev–Trinajstić information content (AvgIpc) is 3.20. The summed E-state index contributed by atoms with van der Waals surface area (Å²) in [6.45, 7) is 1.95. The number of carbonyl (C=O) groups excluding carboxylic acids is 1. The molecule has 1 heterocycles. The number of halogens is 1. The Bertz CT molecular complexity index is 944. The number of hydrogen-bond acceptors (Lipinski definition) is 6. The molecule has 146 valence electrons. The third kappa shape index (κ3) is 4.80. The summed E-state index contributed by atoms with van der Waals surface area (Å²) >= 11 is 6.09. The molecular formula is C20H20ClN3O4. The molecule has 0 aliphatic rings. The first-order chi connectivity index (χ1) is 13.6. The lowest BCUT2D eigenvalue weighted by atomic mass is 10.2. The van der Waals surface area contributed by atoms with Gasteiger partial charge in [0.2, 0.25) is 11.7 Å². The van der Waals surface area contributed by atoms with Crippen LogP contribution in [0.2, 0.25) is 5.02 Å². The van der Waals surface area contributed by atoms with E-state index in [0.717, 1.165) is 5.56 Å².